The van der Waals surface area contributed by atoms with Crippen LogP contribution in [0.2, 0.25) is 5.02 Å². The molecule has 1 heterocycles. The molecule has 0 radical (unpaired) electrons. The van der Waals surface area contributed by atoms with Crippen LogP contribution in [-0.2, 0) is 17.8 Å². The van der Waals surface area contributed by atoms with Crippen molar-refractivity contribution in [2.45, 2.75) is 26.8 Å². The van der Waals surface area contributed by atoms with Gasteiger partial charge in [0.05, 0.1) is 22.3 Å². The predicted molar refractivity (Wildman–Crippen MR) is 86.0 cm³/mol. The predicted octanol–water partition coefficient (Wildman–Crippen LogP) is 3.82. The van der Waals surface area contributed by atoms with E-state index in [1.807, 2.05) is 18.5 Å². The zero-order valence-electron chi connectivity index (χ0n) is 11.9. The topological polar surface area (TPSA) is 44.1 Å². The lowest BCUT2D eigenvalue weighted by Gasteiger charge is -2.07. The van der Waals surface area contributed by atoms with E-state index in [9.17, 15) is 4.79 Å². The highest BCUT2D eigenvalue weighted by Gasteiger charge is 2.15. The van der Waals surface area contributed by atoms with E-state index < -0.39 is 0 Å². The maximum atomic E-state index is 12.1. The molecule has 0 N–H and O–H groups in total. The minimum Gasteiger partial charge on any atom is -0.486 e. The van der Waals surface area contributed by atoms with Crippen LogP contribution in [0, 0.1) is 6.92 Å². The van der Waals surface area contributed by atoms with Gasteiger partial charge in [-0.2, -0.15) is 5.10 Å². The van der Waals surface area contributed by atoms with Crippen molar-refractivity contribution in [3.63, 3.8) is 0 Å². The summed E-state index contributed by atoms with van der Waals surface area (Å²) in [6, 6.07) is 6.94. The van der Waals surface area contributed by atoms with Crippen LogP contribution in [0.1, 0.15) is 18.3 Å². The molecule has 1 aromatic carbocycles. The molecule has 0 spiro atoms. The van der Waals surface area contributed by atoms with E-state index in [0.29, 0.717) is 17.2 Å². The van der Waals surface area contributed by atoms with Crippen LogP contribution in [-0.4, -0.2) is 22.2 Å². The Kier molecular flexibility index (Phi) is 5.42. The quantitative estimate of drug-likeness (QED) is 0.775. The molecule has 0 aliphatic rings. The van der Waals surface area contributed by atoms with E-state index in [4.69, 9.17) is 16.3 Å². The van der Waals surface area contributed by atoms with Gasteiger partial charge in [0.25, 0.3) is 0 Å². The molecule has 0 atom stereocenters. The van der Waals surface area contributed by atoms with Gasteiger partial charge in [-0.15, -0.1) is 0 Å². The van der Waals surface area contributed by atoms with E-state index in [-0.39, 0.29) is 12.4 Å². The lowest BCUT2D eigenvalue weighted by Crippen LogP contribution is -2.16. The van der Waals surface area contributed by atoms with Crippen molar-refractivity contribution in [1.29, 1.82) is 0 Å². The van der Waals surface area contributed by atoms with Crippen LogP contribution in [0.3, 0.4) is 0 Å². The van der Waals surface area contributed by atoms with Gasteiger partial charge in [0.2, 0.25) is 0 Å². The Morgan fingerprint density at radius 1 is 1.38 bits per heavy atom. The summed E-state index contributed by atoms with van der Waals surface area (Å²) in [5.41, 5.74) is 1.78. The van der Waals surface area contributed by atoms with E-state index >= 15 is 0 Å². The molecule has 0 unspecified atom stereocenters. The van der Waals surface area contributed by atoms with Crippen molar-refractivity contribution in [1.82, 2.24) is 9.78 Å². The second-order valence-electron chi connectivity index (χ2n) is 4.62. The standard InChI is InChI=1S/C15H16BrClN2O2/c1-3-19-14(15(16)10(2)18-19)8-12(20)9-21-13-6-4-11(17)5-7-13/h4-7H,3,8-9H2,1-2H3. The summed E-state index contributed by atoms with van der Waals surface area (Å²) in [6.07, 6.45) is 0.294. The average molecular weight is 372 g/mol. The Labute approximate surface area is 137 Å². The lowest BCUT2D eigenvalue weighted by atomic mass is 10.2. The van der Waals surface area contributed by atoms with E-state index in [1.54, 1.807) is 24.3 Å². The molecule has 0 saturated carbocycles. The van der Waals surface area contributed by atoms with Gasteiger partial charge in [0, 0.05) is 11.6 Å². The minimum atomic E-state index is 0.000231. The zero-order valence-corrected chi connectivity index (χ0v) is 14.2. The Morgan fingerprint density at radius 2 is 2.05 bits per heavy atom. The van der Waals surface area contributed by atoms with Crippen molar-refractivity contribution in [2.24, 2.45) is 0 Å². The molecule has 0 aliphatic heterocycles. The molecule has 0 amide bonds. The first kappa shape index (κ1) is 16.0. The molecule has 2 aromatic rings. The number of carbonyl (C=O) groups excluding carboxylic acids is 1. The van der Waals surface area contributed by atoms with Crippen molar-refractivity contribution in [3.8, 4) is 5.75 Å². The van der Waals surface area contributed by atoms with Crippen LogP contribution >= 0.6 is 27.5 Å². The Hall–Kier alpha value is -1.33. The maximum Gasteiger partial charge on any atom is 0.176 e. The molecule has 0 bridgehead atoms. The Balaban J connectivity index is 1.97. The van der Waals surface area contributed by atoms with E-state index in [1.165, 1.54) is 0 Å². The van der Waals surface area contributed by atoms with Gasteiger partial charge in [0.1, 0.15) is 12.4 Å². The van der Waals surface area contributed by atoms with Crippen LogP contribution in [0.4, 0.5) is 0 Å². The second kappa shape index (κ2) is 7.09. The smallest absolute Gasteiger partial charge is 0.176 e. The Morgan fingerprint density at radius 3 is 2.67 bits per heavy atom. The molecule has 112 valence electrons. The number of ketones is 1. The second-order valence-corrected chi connectivity index (χ2v) is 5.85. The van der Waals surface area contributed by atoms with E-state index in [2.05, 4.69) is 21.0 Å². The fraction of sp³-hybridized carbons (Fsp3) is 0.333. The van der Waals surface area contributed by atoms with Crippen molar-refractivity contribution in [3.05, 3.63) is 45.1 Å². The average Bonchev–Trinajstić information content (AvgIpc) is 2.74. The zero-order chi connectivity index (χ0) is 15.4. The van der Waals surface area contributed by atoms with Crippen LogP contribution in [0.5, 0.6) is 5.75 Å². The molecule has 1 aromatic heterocycles. The third-order valence-corrected chi connectivity index (χ3v) is 4.31. The molecule has 0 fully saturated rings. The van der Waals surface area contributed by atoms with Crippen molar-refractivity contribution >= 4 is 33.3 Å². The summed E-state index contributed by atoms with van der Waals surface area (Å²) in [7, 11) is 0. The number of aryl methyl sites for hydroxylation is 2. The first-order valence-corrected chi connectivity index (χ1v) is 7.80. The van der Waals surface area contributed by atoms with Gasteiger partial charge < -0.3 is 4.74 Å². The molecule has 0 aliphatic carbocycles. The number of Topliss-reactive ketones (excluding diaryl/α,β-unsaturated/α-hetero) is 1. The van der Waals surface area contributed by atoms with Gasteiger partial charge in [-0.25, -0.2) is 0 Å². The highest BCUT2D eigenvalue weighted by Crippen LogP contribution is 2.22. The summed E-state index contributed by atoms with van der Waals surface area (Å²) in [5, 5.41) is 5.01. The highest BCUT2D eigenvalue weighted by atomic mass is 79.9. The van der Waals surface area contributed by atoms with Crippen LogP contribution in [0.15, 0.2) is 28.7 Å². The largest absolute Gasteiger partial charge is 0.486 e. The number of halogens is 2. The fourth-order valence-electron chi connectivity index (χ4n) is 1.97. The summed E-state index contributed by atoms with van der Waals surface area (Å²) in [4.78, 5) is 12.1. The monoisotopic (exact) mass is 370 g/mol. The number of aromatic nitrogens is 2. The molecule has 2 rings (SSSR count). The number of benzene rings is 1. The van der Waals surface area contributed by atoms with Gasteiger partial charge in [-0.1, -0.05) is 11.6 Å². The van der Waals surface area contributed by atoms with E-state index in [0.717, 1.165) is 22.4 Å². The molecule has 0 saturated heterocycles. The number of carbonyl (C=O) groups is 1. The van der Waals surface area contributed by atoms with Gasteiger partial charge in [0.15, 0.2) is 5.78 Å². The number of nitrogens with zero attached hydrogens (tertiary/aromatic N) is 2. The summed E-state index contributed by atoms with van der Waals surface area (Å²) in [5.74, 6) is 0.632. The van der Waals surface area contributed by atoms with Crippen LogP contribution < -0.4 is 4.74 Å². The molecule has 4 nitrogen and oxygen atoms in total. The van der Waals surface area contributed by atoms with Crippen LogP contribution in [0.25, 0.3) is 0 Å². The third-order valence-electron chi connectivity index (χ3n) is 3.03. The number of rotatable bonds is 6. The fourth-order valence-corrected chi connectivity index (χ4v) is 2.52. The molecule has 21 heavy (non-hydrogen) atoms. The summed E-state index contributed by atoms with van der Waals surface area (Å²) in [6.45, 7) is 4.67. The summed E-state index contributed by atoms with van der Waals surface area (Å²) >= 11 is 9.28. The minimum absolute atomic E-state index is 0.000231. The lowest BCUT2D eigenvalue weighted by molar-refractivity contribution is -0.120. The number of hydrogen-bond acceptors (Lipinski definition) is 3. The first-order valence-electron chi connectivity index (χ1n) is 6.63. The van der Waals surface area contributed by atoms with Gasteiger partial charge in [-0.3, -0.25) is 9.48 Å². The molecular weight excluding hydrogens is 356 g/mol. The van der Waals surface area contributed by atoms with Gasteiger partial charge >= 0.3 is 0 Å². The number of ether oxygens (including phenoxy) is 1. The molecule has 6 heteroatoms. The Bertz CT molecular complexity index is 638. The van der Waals surface area contributed by atoms with Crippen molar-refractivity contribution in [2.75, 3.05) is 6.61 Å². The van der Waals surface area contributed by atoms with Crippen molar-refractivity contribution < 1.29 is 9.53 Å². The summed E-state index contributed by atoms with van der Waals surface area (Å²) < 4.78 is 8.19. The molecular formula is C15H16BrClN2O2. The maximum absolute atomic E-state index is 12.1. The normalized spacial score (nSPS) is 10.7. The third kappa shape index (κ3) is 4.08. The van der Waals surface area contributed by atoms with Gasteiger partial charge in [-0.05, 0) is 54.0 Å². The first-order chi connectivity index (χ1) is 10.0. The SMILES string of the molecule is CCn1nc(C)c(Br)c1CC(=O)COc1ccc(Cl)cc1. The highest BCUT2D eigenvalue weighted by molar-refractivity contribution is 9.10. The number of hydrogen-bond donors (Lipinski definition) is 0.